The van der Waals surface area contributed by atoms with Gasteiger partial charge in [0, 0.05) is 5.92 Å². The topological polar surface area (TPSA) is 82.1 Å². The van der Waals surface area contributed by atoms with E-state index in [0.29, 0.717) is 5.56 Å². The van der Waals surface area contributed by atoms with E-state index in [-0.39, 0.29) is 18.6 Å². The van der Waals surface area contributed by atoms with E-state index in [0.717, 1.165) is 16.7 Å². The molecule has 6 nitrogen and oxygen atoms in total. The predicted molar refractivity (Wildman–Crippen MR) is 91.4 cm³/mol. The zero-order valence-corrected chi connectivity index (χ0v) is 15.4. The minimum atomic E-state index is -0.651. The summed E-state index contributed by atoms with van der Waals surface area (Å²) in [6, 6.07) is 3.48. The lowest BCUT2D eigenvalue weighted by molar-refractivity contribution is -0.157. The van der Waals surface area contributed by atoms with E-state index in [1.54, 1.807) is 12.1 Å². The molecule has 4 atom stereocenters. The van der Waals surface area contributed by atoms with Crippen LogP contribution in [-0.2, 0) is 19.0 Å². The molecule has 0 spiro atoms. The van der Waals surface area contributed by atoms with Crippen LogP contribution in [0.2, 0.25) is 0 Å². The van der Waals surface area contributed by atoms with Crippen LogP contribution in [0.15, 0.2) is 12.1 Å². The molecule has 0 aromatic heterocycles. The molecule has 1 aromatic carbocycles. The highest BCUT2D eigenvalue weighted by atomic mass is 16.6. The van der Waals surface area contributed by atoms with Crippen molar-refractivity contribution in [3.05, 3.63) is 34.4 Å². The quantitative estimate of drug-likeness (QED) is 0.819. The molecule has 0 saturated carbocycles. The highest BCUT2D eigenvalue weighted by Crippen LogP contribution is 2.29. The standard InChI is InChI=1S/C19H26O6/c1-10-6-15(7-11(2)12(10)3)19(22)23-9-17(21)25-18-13(4)14(5)24-16(18)8-20/h6-7,13-14,16,18,20H,8-9H2,1-5H3. The molecule has 1 heterocycles. The summed E-state index contributed by atoms with van der Waals surface area (Å²) in [6.45, 7) is 8.89. The average Bonchev–Trinajstić information content (AvgIpc) is 2.84. The molecule has 6 heteroatoms. The Kier molecular flexibility index (Phi) is 6.19. The van der Waals surface area contributed by atoms with Crippen molar-refractivity contribution in [2.24, 2.45) is 5.92 Å². The Balaban J connectivity index is 1.92. The molecule has 0 radical (unpaired) electrons. The number of esters is 2. The smallest absolute Gasteiger partial charge is 0.344 e. The SMILES string of the molecule is Cc1cc(C(=O)OCC(=O)OC2C(CO)OC(C)C2C)cc(C)c1C. The molecule has 1 aromatic rings. The Labute approximate surface area is 148 Å². The summed E-state index contributed by atoms with van der Waals surface area (Å²) in [7, 11) is 0. The Morgan fingerprint density at radius 3 is 2.32 bits per heavy atom. The fourth-order valence-electron chi connectivity index (χ4n) is 2.96. The third-order valence-corrected chi connectivity index (χ3v) is 4.95. The van der Waals surface area contributed by atoms with Gasteiger partial charge < -0.3 is 19.3 Å². The molecule has 1 N–H and O–H groups in total. The van der Waals surface area contributed by atoms with Gasteiger partial charge in [-0.15, -0.1) is 0 Å². The summed E-state index contributed by atoms with van der Waals surface area (Å²) in [5.41, 5.74) is 3.51. The van der Waals surface area contributed by atoms with E-state index < -0.39 is 30.8 Å². The summed E-state index contributed by atoms with van der Waals surface area (Å²) in [5, 5.41) is 9.32. The maximum Gasteiger partial charge on any atom is 0.344 e. The number of hydrogen-bond acceptors (Lipinski definition) is 6. The first kappa shape index (κ1) is 19.4. The fourth-order valence-corrected chi connectivity index (χ4v) is 2.96. The van der Waals surface area contributed by atoms with Gasteiger partial charge >= 0.3 is 11.9 Å². The third-order valence-electron chi connectivity index (χ3n) is 4.95. The summed E-state index contributed by atoms with van der Waals surface area (Å²) >= 11 is 0. The number of aryl methyl sites for hydroxylation is 2. The van der Waals surface area contributed by atoms with Crippen LogP contribution >= 0.6 is 0 Å². The Hall–Kier alpha value is -1.92. The first-order valence-electron chi connectivity index (χ1n) is 8.45. The van der Waals surface area contributed by atoms with E-state index in [1.165, 1.54) is 0 Å². The van der Waals surface area contributed by atoms with Gasteiger partial charge in [-0.05, 0) is 56.5 Å². The van der Waals surface area contributed by atoms with Crippen molar-refractivity contribution in [2.45, 2.75) is 52.9 Å². The lowest BCUT2D eigenvalue weighted by Gasteiger charge is -2.20. The second-order valence-corrected chi connectivity index (χ2v) is 6.69. The monoisotopic (exact) mass is 350 g/mol. The highest BCUT2D eigenvalue weighted by molar-refractivity contribution is 5.91. The molecule has 138 valence electrons. The van der Waals surface area contributed by atoms with E-state index in [4.69, 9.17) is 14.2 Å². The second-order valence-electron chi connectivity index (χ2n) is 6.69. The molecule has 0 bridgehead atoms. The number of carbonyl (C=O) groups excluding carboxylic acids is 2. The summed E-state index contributed by atoms with van der Waals surface area (Å²) in [6.07, 6.45) is -1.21. The van der Waals surface area contributed by atoms with Crippen LogP contribution in [0.5, 0.6) is 0 Å². The molecule has 2 rings (SSSR count). The van der Waals surface area contributed by atoms with Gasteiger partial charge in [-0.1, -0.05) is 6.92 Å². The molecule has 0 amide bonds. The first-order valence-corrected chi connectivity index (χ1v) is 8.45. The number of hydrogen-bond donors (Lipinski definition) is 1. The van der Waals surface area contributed by atoms with Crippen molar-refractivity contribution in [1.82, 2.24) is 0 Å². The van der Waals surface area contributed by atoms with Gasteiger partial charge in [-0.25, -0.2) is 9.59 Å². The Bertz CT molecular complexity index is 630. The molecular weight excluding hydrogens is 324 g/mol. The molecule has 25 heavy (non-hydrogen) atoms. The fraction of sp³-hybridized carbons (Fsp3) is 0.579. The largest absolute Gasteiger partial charge is 0.457 e. The van der Waals surface area contributed by atoms with Crippen molar-refractivity contribution < 1.29 is 28.9 Å². The Morgan fingerprint density at radius 2 is 1.76 bits per heavy atom. The van der Waals surface area contributed by atoms with E-state index in [2.05, 4.69) is 0 Å². The van der Waals surface area contributed by atoms with Gasteiger partial charge in [-0.2, -0.15) is 0 Å². The van der Waals surface area contributed by atoms with Gasteiger partial charge in [0.25, 0.3) is 0 Å². The van der Waals surface area contributed by atoms with Gasteiger partial charge in [0.15, 0.2) is 6.61 Å². The molecular formula is C19H26O6. The number of ether oxygens (including phenoxy) is 3. The maximum absolute atomic E-state index is 12.1. The van der Waals surface area contributed by atoms with Gasteiger partial charge in [0.2, 0.25) is 0 Å². The highest BCUT2D eigenvalue weighted by Gasteiger charge is 2.42. The van der Waals surface area contributed by atoms with Crippen molar-refractivity contribution >= 4 is 11.9 Å². The van der Waals surface area contributed by atoms with Crippen LogP contribution in [0.25, 0.3) is 0 Å². The summed E-state index contributed by atoms with van der Waals surface area (Å²) in [4.78, 5) is 24.1. The van der Waals surface area contributed by atoms with Crippen LogP contribution in [-0.4, -0.2) is 48.6 Å². The van der Waals surface area contributed by atoms with Crippen LogP contribution < -0.4 is 0 Å². The zero-order chi connectivity index (χ0) is 18.7. The third kappa shape index (κ3) is 4.38. The van der Waals surface area contributed by atoms with E-state index in [1.807, 2.05) is 34.6 Å². The van der Waals surface area contributed by atoms with Crippen molar-refractivity contribution in [3.8, 4) is 0 Å². The lowest BCUT2D eigenvalue weighted by atomic mass is 9.99. The maximum atomic E-state index is 12.1. The number of aliphatic hydroxyl groups is 1. The minimum absolute atomic E-state index is 0.0424. The molecule has 4 unspecified atom stereocenters. The second kappa shape index (κ2) is 7.97. The molecule has 1 fully saturated rings. The molecule has 1 aliphatic heterocycles. The van der Waals surface area contributed by atoms with Gasteiger partial charge in [0.1, 0.15) is 12.2 Å². The van der Waals surface area contributed by atoms with Crippen LogP contribution in [0.3, 0.4) is 0 Å². The number of carbonyl (C=O) groups is 2. The average molecular weight is 350 g/mol. The van der Waals surface area contributed by atoms with Crippen molar-refractivity contribution in [2.75, 3.05) is 13.2 Å². The number of aliphatic hydroxyl groups excluding tert-OH is 1. The Morgan fingerprint density at radius 1 is 1.16 bits per heavy atom. The first-order chi connectivity index (χ1) is 11.7. The van der Waals surface area contributed by atoms with Crippen LogP contribution in [0.1, 0.15) is 40.9 Å². The number of rotatable bonds is 5. The molecule has 1 saturated heterocycles. The molecule has 0 aliphatic carbocycles. The zero-order valence-electron chi connectivity index (χ0n) is 15.4. The van der Waals surface area contributed by atoms with E-state index >= 15 is 0 Å². The van der Waals surface area contributed by atoms with E-state index in [9.17, 15) is 14.7 Å². The van der Waals surface area contributed by atoms with Crippen molar-refractivity contribution in [3.63, 3.8) is 0 Å². The lowest BCUT2D eigenvalue weighted by Crippen LogP contribution is -2.35. The van der Waals surface area contributed by atoms with Gasteiger partial charge in [0.05, 0.1) is 18.3 Å². The number of benzene rings is 1. The molecule has 1 aliphatic rings. The van der Waals surface area contributed by atoms with Gasteiger partial charge in [-0.3, -0.25) is 0 Å². The minimum Gasteiger partial charge on any atom is -0.457 e. The summed E-state index contributed by atoms with van der Waals surface area (Å²) in [5.74, 6) is -1.26. The van der Waals surface area contributed by atoms with Crippen molar-refractivity contribution in [1.29, 1.82) is 0 Å². The summed E-state index contributed by atoms with van der Waals surface area (Å²) < 4.78 is 15.9. The predicted octanol–water partition coefficient (Wildman–Crippen LogP) is 2.10. The normalized spacial score (nSPS) is 25.7. The van der Waals surface area contributed by atoms with Crippen LogP contribution in [0.4, 0.5) is 0 Å². The van der Waals surface area contributed by atoms with Crippen LogP contribution in [0, 0.1) is 26.7 Å².